The van der Waals surface area contributed by atoms with Crippen LogP contribution in [0.25, 0.3) is 0 Å². The Balaban J connectivity index is 2.59. The molecule has 100 valence electrons. The first-order valence-electron chi connectivity index (χ1n) is 6.00. The highest BCUT2D eigenvalue weighted by molar-refractivity contribution is 5.92. The van der Waals surface area contributed by atoms with Crippen LogP contribution in [0.15, 0.2) is 12.4 Å². The number of nitrogens with one attached hydrogen (secondary N) is 2. The van der Waals surface area contributed by atoms with E-state index in [2.05, 4.69) is 25.5 Å². The predicted molar refractivity (Wildman–Crippen MR) is 71.7 cm³/mol. The van der Waals surface area contributed by atoms with Crippen LogP contribution in [0.4, 0.5) is 5.82 Å². The van der Waals surface area contributed by atoms with Gasteiger partial charge in [-0.25, -0.2) is 9.97 Å². The van der Waals surface area contributed by atoms with Crippen molar-refractivity contribution in [2.75, 3.05) is 32.5 Å². The lowest BCUT2D eigenvalue weighted by molar-refractivity contribution is 0.0938. The molecule has 0 aliphatic carbocycles. The van der Waals surface area contributed by atoms with E-state index in [1.54, 1.807) is 6.07 Å². The summed E-state index contributed by atoms with van der Waals surface area (Å²) >= 11 is 0. The Morgan fingerprint density at radius 1 is 1.39 bits per heavy atom. The molecule has 6 nitrogen and oxygen atoms in total. The first-order chi connectivity index (χ1) is 8.49. The molecule has 18 heavy (non-hydrogen) atoms. The molecule has 1 rings (SSSR count). The monoisotopic (exact) mass is 251 g/mol. The summed E-state index contributed by atoms with van der Waals surface area (Å²) < 4.78 is 0. The number of rotatable bonds is 6. The number of hydrogen-bond acceptors (Lipinski definition) is 5. The van der Waals surface area contributed by atoms with E-state index in [9.17, 15) is 4.79 Å². The maximum absolute atomic E-state index is 11.8. The third kappa shape index (κ3) is 5.09. The third-order valence-electron chi connectivity index (χ3n) is 2.18. The van der Waals surface area contributed by atoms with Gasteiger partial charge in [0.15, 0.2) is 0 Å². The lowest BCUT2D eigenvalue weighted by Crippen LogP contribution is -2.31. The first kappa shape index (κ1) is 14.4. The zero-order valence-electron chi connectivity index (χ0n) is 11.4. The van der Waals surface area contributed by atoms with Crippen molar-refractivity contribution in [1.29, 1.82) is 0 Å². The van der Waals surface area contributed by atoms with Crippen molar-refractivity contribution in [1.82, 2.24) is 20.2 Å². The Morgan fingerprint density at radius 2 is 2.11 bits per heavy atom. The van der Waals surface area contributed by atoms with Gasteiger partial charge in [0, 0.05) is 25.2 Å². The Morgan fingerprint density at radius 3 is 2.72 bits per heavy atom. The van der Waals surface area contributed by atoms with Gasteiger partial charge in [0.05, 0.1) is 0 Å². The molecule has 0 saturated heterocycles. The van der Waals surface area contributed by atoms with Crippen LogP contribution in [0.2, 0.25) is 0 Å². The minimum Gasteiger partial charge on any atom is -0.369 e. The molecular weight excluding hydrogens is 230 g/mol. The average molecular weight is 251 g/mol. The van der Waals surface area contributed by atoms with E-state index >= 15 is 0 Å². The summed E-state index contributed by atoms with van der Waals surface area (Å²) in [6.07, 6.45) is 1.40. The van der Waals surface area contributed by atoms with E-state index in [4.69, 9.17) is 0 Å². The van der Waals surface area contributed by atoms with Gasteiger partial charge in [0.25, 0.3) is 5.91 Å². The maximum Gasteiger partial charge on any atom is 0.270 e. The molecule has 1 aromatic rings. The molecule has 0 fully saturated rings. The second-order valence-electron chi connectivity index (χ2n) is 4.65. The summed E-state index contributed by atoms with van der Waals surface area (Å²) in [7, 11) is 4.01. The van der Waals surface area contributed by atoms with Crippen LogP contribution in [-0.4, -0.2) is 54.0 Å². The van der Waals surface area contributed by atoms with Crippen LogP contribution in [0, 0.1) is 0 Å². The van der Waals surface area contributed by atoms with Crippen LogP contribution in [-0.2, 0) is 0 Å². The van der Waals surface area contributed by atoms with Gasteiger partial charge in [-0.3, -0.25) is 4.79 Å². The summed E-state index contributed by atoms with van der Waals surface area (Å²) in [6, 6.07) is 1.76. The molecule has 0 unspecified atom stereocenters. The van der Waals surface area contributed by atoms with Gasteiger partial charge in [-0.05, 0) is 27.9 Å². The number of hydrogen-bond donors (Lipinski definition) is 2. The summed E-state index contributed by atoms with van der Waals surface area (Å²) in [5.41, 5.74) is 0.381. The molecule has 2 N–H and O–H groups in total. The van der Waals surface area contributed by atoms with Crippen molar-refractivity contribution in [3.63, 3.8) is 0 Å². The van der Waals surface area contributed by atoms with Crippen LogP contribution in [0.5, 0.6) is 0 Å². The van der Waals surface area contributed by atoms with Crippen LogP contribution in [0.1, 0.15) is 24.3 Å². The highest BCUT2D eigenvalue weighted by atomic mass is 16.1. The Kier molecular flexibility index (Phi) is 5.51. The highest BCUT2D eigenvalue weighted by Gasteiger charge is 2.09. The minimum atomic E-state index is -0.178. The summed E-state index contributed by atoms with van der Waals surface area (Å²) in [5, 5.41) is 5.95. The maximum atomic E-state index is 11.8. The second kappa shape index (κ2) is 6.90. The van der Waals surface area contributed by atoms with E-state index in [0.717, 1.165) is 13.1 Å². The fraction of sp³-hybridized carbons (Fsp3) is 0.583. The summed E-state index contributed by atoms with van der Waals surface area (Å²) in [5.74, 6) is 0.490. The molecule has 0 spiro atoms. The number of carbonyl (C=O) groups excluding carboxylic acids is 1. The normalized spacial score (nSPS) is 10.8. The number of aromatic nitrogens is 2. The molecule has 0 aliphatic heterocycles. The van der Waals surface area contributed by atoms with Crippen molar-refractivity contribution < 1.29 is 4.79 Å². The highest BCUT2D eigenvalue weighted by Crippen LogP contribution is 2.03. The van der Waals surface area contributed by atoms with Gasteiger partial charge in [-0.2, -0.15) is 0 Å². The first-order valence-corrected chi connectivity index (χ1v) is 6.00. The topological polar surface area (TPSA) is 70.2 Å². The van der Waals surface area contributed by atoms with Gasteiger partial charge in [0.2, 0.25) is 0 Å². The van der Waals surface area contributed by atoms with Gasteiger partial charge >= 0.3 is 0 Å². The third-order valence-corrected chi connectivity index (χ3v) is 2.18. The lowest BCUT2D eigenvalue weighted by atomic mass is 10.3. The molecular formula is C12H21N5O. The Hall–Kier alpha value is -1.69. The van der Waals surface area contributed by atoms with Crippen molar-refractivity contribution >= 4 is 11.7 Å². The number of likely N-dealkylation sites (N-methyl/N-ethyl adjacent to an activating group) is 1. The Bertz CT molecular complexity index is 392. The van der Waals surface area contributed by atoms with Crippen LogP contribution < -0.4 is 10.6 Å². The van der Waals surface area contributed by atoms with E-state index in [1.165, 1.54) is 6.33 Å². The minimum absolute atomic E-state index is 0.0950. The molecule has 0 saturated carbocycles. The quantitative estimate of drug-likeness (QED) is 0.774. The van der Waals surface area contributed by atoms with E-state index in [-0.39, 0.29) is 11.9 Å². The Labute approximate surface area is 108 Å². The molecule has 1 amide bonds. The molecule has 0 aliphatic rings. The zero-order chi connectivity index (χ0) is 13.5. The lowest BCUT2D eigenvalue weighted by Gasteiger charge is -2.11. The fourth-order valence-corrected chi connectivity index (χ4v) is 1.32. The van der Waals surface area contributed by atoms with Gasteiger partial charge < -0.3 is 15.5 Å². The molecule has 0 atom stereocenters. The standard InChI is InChI=1S/C12H21N5O/c1-9(2)16-12(18)10-7-11(15-8-14-10)13-5-6-17(3)4/h7-9H,5-6H2,1-4H3,(H,16,18)(H,13,14,15). The number of anilines is 1. The number of carbonyl (C=O) groups is 1. The average Bonchev–Trinajstić information content (AvgIpc) is 2.28. The van der Waals surface area contributed by atoms with Crippen LogP contribution in [0.3, 0.4) is 0 Å². The predicted octanol–water partition coefficient (Wildman–Crippen LogP) is 0.588. The van der Waals surface area contributed by atoms with Crippen molar-refractivity contribution in [2.45, 2.75) is 19.9 Å². The summed E-state index contributed by atoms with van der Waals surface area (Å²) in [4.78, 5) is 21.9. The van der Waals surface area contributed by atoms with Crippen LogP contribution >= 0.6 is 0 Å². The van der Waals surface area contributed by atoms with Gasteiger partial charge in [-0.15, -0.1) is 0 Å². The molecule has 1 aromatic heterocycles. The molecule has 0 radical (unpaired) electrons. The number of amides is 1. The molecule has 0 bridgehead atoms. The van der Waals surface area contributed by atoms with Crippen molar-refractivity contribution in [2.24, 2.45) is 0 Å². The second-order valence-corrected chi connectivity index (χ2v) is 4.65. The molecule has 1 heterocycles. The number of nitrogens with zero attached hydrogens (tertiary/aromatic N) is 3. The van der Waals surface area contributed by atoms with Gasteiger partial charge in [0.1, 0.15) is 17.8 Å². The fourth-order valence-electron chi connectivity index (χ4n) is 1.32. The van der Waals surface area contributed by atoms with Gasteiger partial charge in [-0.1, -0.05) is 0 Å². The van der Waals surface area contributed by atoms with Crippen molar-refractivity contribution in [3.05, 3.63) is 18.1 Å². The largest absolute Gasteiger partial charge is 0.369 e. The van der Waals surface area contributed by atoms with Crippen molar-refractivity contribution in [3.8, 4) is 0 Å². The molecule has 6 heteroatoms. The summed E-state index contributed by atoms with van der Waals surface area (Å²) in [6.45, 7) is 5.50. The smallest absolute Gasteiger partial charge is 0.270 e. The zero-order valence-corrected chi connectivity index (χ0v) is 11.4. The van der Waals surface area contributed by atoms with E-state index in [0.29, 0.717) is 11.5 Å². The van der Waals surface area contributed by atoms with E-state index in [1.807, 2.05) is 27.9 Å². The van der Waals surface area contributed by atoms with E-state index < -0.39 is 0 Å². The molecule has 0 aromatic carbocycles. The SMILES string of the molecule is CC(C)NC(=O)c1cc(NCCN(C)C)ncn1.